The highest BCUT2D eigenvalue weighted by molar-refractivity contribution is 5.62. The summed E-state index contributed by atoms with van der Waals surface area (Å²) in [4.78, 5) is 2.29. The van der Waals surface area contributed by atoms with Gasteiger partial charge in [0.15, 0.2) is 0 Å². The SMILES string of the molecule is CN1CCc2c(OC3CNC3)cccc21. The van der Waals surface area contributed by atoms with E-state index in [9.17, 15) is 0 Å². The van der Waals surface area contributed by atoms with Crippen LogP contribution in [0.4, 0.5) is 5.69 Å². The van der Waals surface area contributed by atoms with Crippen LogP contribution in [0.2, 0.25) is 0 Å². The lowest BCUT2D eigenvalue weighted by Gasteiger charge is -2.28. The van der Waals surface area contributed by atoms with E-state index in [0.29, 0.717) is 6.10 Å². The number of anilines is 1. The number of fused-ring (bicyclic) bond motifs is 1. The van der Waals surface area contributed by atoms with Gasteiger partial charge in [0.2, 0.25) is 0 Å². The summed E-state index contributed by atoms with van der Waals surface area (Å²) in [6.45, 7) is 3.08. The molecule has 3 heteroatoms. The molecule has 0 atom stereocenters. The zero-order valence-corrected chi connectivity index (χ0v) is 8.99. The molecule has 0 radical (unpaired) electrons. The van der Waals surface area contributed by atoms with Crippen LogP contribution in [0.25, 0.3) is 0 Å². The molecule has 1 aromatic rings. The van der Waals surface area contributed by atoms with Crippen LogP contribution in [0, 0.1) is 0 Å². The van der Waals surface area contributed by atoms with Gasteiger partial charge in [0.05, 0.1) is 0 Å². The first-order valence-electron chi connectivity index (χ1n) is 5.55. The van der Waals surface area contributed by atoms with Gasteiger partial charge in [-0.2, -0.15) is 0 Å². The lowest BCUT2D eigenvalue weighted by atomic mass is 10.1. The molecule has 1 fully saturated rings. The van der Waals surface area contributed by atoms with Crippen LogP contribution < -0.4 is 15.0 Å². The molecule has 0 saturated carbocycles. The van der Waals surface area contributed by atoms with Crippen molar-refractivity contribution in [3.8, 4) is 5.75 Å². The number of rotatable bonds is 2. The second-order valence-corrected chi connectivity index (χ2v) is 4.32. The highest BCUT2D eigenvalue weighted by atomic mass is 16.5. The van der Waals surface area contributed by atoms with E-state index in [1.54, 1.807) is 0 Å². The molecule has 3 nitrogen and oxygen atoms in total. The first-order valence-corrected chi connectivity index (χ1v) is 5.55. The zero-order chi connectivity index (χ0) is 10.3. The van der Waals surface area contributed by atoms with E-state index in [0.717, 1.165) is 31.8 Å². The molecule has 0 bridgehead atoms. The van der Waals surface area contributed by atoms with Gasteiger partial charge in [-0.1, -0.05) is 6.07 Å². The predicted octanol–water partition coefficient (Wildman–Crippen LogP) is 1.03. The number of likely N-dealkylation sites (N-methyl/N-ethyl adjacent to an activating group) is 1. The van der Waals surface area contributed by atoms with Crippen molar-refractivity contribution in [1.82, 2.24) is 5.32 Å². The molecular weight excluding hydrogens is 188 g/mol. The highest BCUT2D eigenvalue weighted by Gasteiger charge is 2.23. The Balaban J connectivity index is 1.88. The average molecular weight is 204 g/mol. The van der Waals surface area contributed by atoms with Crippen LogP contribution in [0.15, 0.2) is 18.2 Å². The molecule has 0 unspecified atom stereocenters. The van der Waals surface area contributed by atoms with Crippen LogP contribution in [0.1, 0.15) is 5.56 Å². The van der Waals surface area contributed by atoms with E-state index in [1.165, 1.54) is 11.3 Å². The Bertz CT molecular complexity index is 374. The van der Waals surface area contributed by atoms with Crippen LogP contribution in [0.5, 0.6) is 5.75 Å². The van der Waals surface area contributed by atoms with E-state index in [4.69, 9.17) is 4.74 Å². The summed E-state index contributed by atoms with van der Waals surface area (Å²) in [6, 6.07) is 6.35. The third-order valence-electron chi connectivity index (χ3n) is 3.25. The molecule has 0 spiro atoms. The third kappa shape index (κ3) is 1.47. The minimum Gasteiger partial charge on any atom is -0.487 e. The summed E-state index contributed by atoms with van der Waals surface area (Å²) in [5.41, 5.74) is 2.71. The Morgan fingerprint density at radius 3 is 3.00 bits per heavy atom. The van der Waals surface area contributed by atoms with E-state index >= 15 is 0 Å². The van der Waals surface area contributed by atoms with Crippen molar-refractivity contribution >= 4 is 5.69 Å². The lowest BCUT2D eigenvalue weighted by Crippen LogP contribution is -2.50. The van der Waals surface area contributed by atoms with Gasteiger partial charge >= 0.3 is 0 Å². The maximum atomic E-state index is 5.95. The maximum Gasteiger partial charge on any atom is 0.125 e. The lowest BCUT2D eigenvalue weighted by molar-refractivity contribution is 0.141. The van der Waals surface area contributed by atoms with Crippen molar-refractivity contribution in [2.75, 3.05) is 31.6 Å². The van der Waals surface area contributed by atoms with Gasteiger partial charge in [0, 0.05) is 37.9 Å². The number of nitrogens with one attached hydrogen (secondary N) is 1. The van der Waals surface area contributed by atoms with Gasteiger partial charge < -0.3 is 15.0 Å². The first-order chi connectivity index (χ1) is 7.34. The molecule has 0 aromatic heterocycles. The Labute approximate surface area is 90.0 Å². The summed E-state index contributed by atoms with van der Waals surface area (Å²) < 4.78 is 5.95. The smallest absolute Gasteiger partial charge is 0.125 e. The number of hydrogen-bond donors (Lipinski definition) is 1. The first kappa shape index (κ1) is 9.04. The zero-order valence-electron chi connectivity index (χ0n) is 8.99. The molecule has 0 amide bonds. The Morgan fingerprint density at radius 1 is 1.40 bits per heavy atom. The summed E-state index contributed by atoms with van der Waals surface area (Å²) in [5, 5.41) is 3.22. The fourth-order valence-electron chi connectivity index (χ4n) is 2.20. The molecule has 3 rings (SSSR count). The average Bonchev–Trinajstić information content (AvgIpc) is 2.55. The highest BCUT2D eigenvalue weighted by Crippen LogP contribution is 2.34. The molecule has 1 aromatic carbocycles. The quantitative estimate of drug-likeness (QED) is 0.778. The van der Waals surface area contributed by atoms with Crippen molar-refractivity contribution in [1.29, 1.82) is 0 Å². The predicted molar refractivity (Wildman–Crippen MR) is 60.7 cm³/mol. The minimum atomic E-state index is 0.377. The Kier molecular flexibility index (Phi) is 2.06. The monoisotopic (exact) mass is 204 g/mol. The Hall–Kier alpha value is -1.22. The second-order valence-electron chi connectivity index (χ2n) is 4.32. The van der Waals surface area contributed by atoms with Crippen molar-refractivity contribution in [3.05, 3.63) is 23.8 Å². The fraction of sp³-hybridized carbons (Fsp3) is 0.500. The molecule has 2 heterocycles. The number of benzene rings is 1. The van der Waals surface area contributed by atoms with Crippen LogP contribution in [-0.4, -0.2) is 32.8 Å². The van der Waals surface area contributed by atoms with E-state index in [2.05, 4.69) is 35.5 Å². The standard InChI is InChI=1S/C12H16N2O/c1-14-6-5-10-11(14)3-2-4-12(10)15-9-7-13-8-9/h2-4,9,13H,5-8H2,1H3. The van der Waals surface area contributed by atoms with Gasteiger partial charge in [-0.15, -0.1) is 0 Å². The number of hydrogen-bond acceptors (Lipinski definition) is 3. The van der Waals surface area contributed by atoms with Gasteiger partial charge in [-0.25, -0.2) is 0 Å². The molecule has 0 aliphatic carbocycles. The maximum absolute atomic E-state index is 5.95. The Morgan fingerprint density at radius 2 is 2.27 bits per heavy atom. The van der Waals surface area contributed by atoms with E-state index in [1.807, 2.05) is 0 Å². The van der Waals surface area contributed by atoms with E-state index in [-0.39, 0.29) is 0 Å². The molecular formula is C12H16N2O. The summed E-state index contributed by atoms with van der Waals surface area (Å²) in [6.07, 6.45) is 1.49. The third-order valence-corrected chi connectivity index (χ3v) is 3.25. The fourth-order valence-corrected chi connectivity index (χ4v) is 2.20. The number of nitrogens with zero attached hydrogens (tertiary/aromatic N) is 1. The molecule has 1 saturated heterocycles. The van der Waals surface area contributed by atoms with Crippen molar-refractivity contribution < 1.29 is 4.74 Å². The van der Waals surface area contributed by atoms with Crippen LogP contribution in [-0.2, 0) is 6.42 Å². The largest absolute Gasteiger partial charge is 0.487 e. The van der Waals surface area contributed by atoms with Gasteiger partial charge in [-0.3, -0.25) is 0 Å². The molecule has 1 N–H and O–H groups in total. The molecule has 80 valence electrons. The molecule has 2 aliphatic rings. The summed E-state index contributed by atoms with van der Waals surface area (Å²) in [7, 11) is 2.14. The van der Waals surface area contributed by atoms with Crippen LogP contribution in [0.3, 0.4) is 0 Å². The molecule has 15 heavy (non-hydrogen) atoms. The summed E-state index contributed by atoms with van der Waals surface area (Å²) in [5.74, 6) is 1.09. The van der Waals surface area contributed by atoms with Crippen molar-refractivity contribution in [3.63, 3.8) is 0 Å². The topological polar surface area (TPSA) is 24.5 Å². The van der Waals surface area contributed by atoms with Crippen molar-refractivity contribution in [2.45, 2.75) is 12.5 Å². The normalized spacial score (nSPS) is 19.9. The van der Waals surface area contributed by atoms with Gasteiger partial charge in [-0.05, 0) is 18.6 Å². The van der Waals surface area contributed by atoms with E-state index < -0.39 is 0 Å². The van der Waals surface area contributed by atoms with Gasteiger partial charge in [0.1, 0.15) is 11.9 Å². The minimum absolute atomic E-state index is 0.377. The van der Waals surface area contributed by atoms with Crippen molar-refractivity contribution in [2.24, 2.45) is 0 Å². The molecule has 2 aliphatic heterocycles. The van der Waals surface area contributed by atoms with Gasteiger partial charge in [0.25, 0.3) is 0 Å². The second kappa shape index (κ2) is 3.42. The summed E-state index contributed by atoms with van der Waals surface area (Å²) >= 11 is 0. The number of ether oxygens (including phenoxy) is 1. The van der Waals surface area contributed by atoms with Crippen LogP contribution >= 0.6 is 0 Å².